The molecule has 21 heavy (non-hydrogen) atoms. The summed E-state index contributed by atoms with van der Waals surface area (Å²) in [5.41, 5.74) is -0.00602. The number of hydrogen-bond acceptors (Lipinski definition) is 4. The highest BCUT2D eigenvalue weighted by Gasteiger charge is 2.31. The number of aromatic nitrogens is 1. The highest BCUT2D eigenvalue weighted by Crippen LogP contribution is 2.32. The normalized spacial score (nSPS) is 21.0. The summed E-state index contributed by atoms with van der Waals surface area (Å²) in [6.07, 6.45) is 4.62. The van der Waals surface area contributed by atoms with Crippen LogP contribution in [0.1, 0.15) is 12.8 Å². The lowest BCUT2D eigenvalue weighted by Crippen LogP contribution is -2.44. The van der Waals surface area contributed by atoms with Gasteiger partial charge in [0.15, 0.2) is 0 Å². The predicted octanol–water partition coefficient (Wildman–Crippen LogP) is 2.32. The van der Waals surface area contributed by atoms with Crippen molar-refractivity contribution < 1.29 is 0 Å². The van der Waals surface area contributed by atoms with Gasteiger partial charge in [-0.25, -0.2) is 4.31 Å². The number of nitrogens with zero attached hydrogens (tertiary/aromatic N) is 2. The fourth-order valence-electron chi connectivity index (χ4n) is 3.00. The second kappa shape index (κ2) is 5.48. The Morgan fingerprint density at radius 1 is 1.05 bits per heavy atom. The molecule has 0 amide bonds. The van der Waals surface area contributed by atoms with Crippen LogP contribution in [0.25, 0.3) is 10.8 Å². The Bertz CT molecular complexity index is 702. The Kier molecular flexibility index (Phi) is 3.49. The first-order chi connectivity index (χ1) is 10.3. The van der Waals surface area contributed by atoms with E-state index in [0.717, 1.165) is 34.8 Å². The van der Waals surface area contributed by atoms with Crippen molar-refractivity contribution in [3.8, 4) is 0 Å². The lowest BCUT2D eigenvalue weighted by Gasteiger charge is -2.33. The summed E-state index contributed by atoms with van der Waals surface area (Å²) in [6, 6.07) is 8.71. The first-order valence-corrected chi connectivity index (χ1v) is 8.36. The number of benzene rings is 1. The third-order valence-corrected chi connectivity index (χ3v) is 5.49. The molecule has 1 aromatic carbocycles. The van der Waals surface area contributed by atoms with E-state index >= 15 is 0 Å². The fraction of sp³-hybridized carbons (Fsp3) is 0.438. The van der Waals surface area contributed by atoms with Crippen LogP contribution in [0.15, 0.2) is 40.2 Å². The zero-order chi connectivity index (χ0) is 14.2. The van der Waals surface area contributed by atoms with E-state index in [4.69, 9.17) is 0 Å². The zero-order valence-electron chi connectivity index (χ0n) is 11.9. The molecule has 1 N–H and O–H groups in total. The van der Waals surface area contributed by atoms with E-state index in [0.29, 0.717) is 0 Å². The molecule has 1 saturated carbocycles. The predicted molar refractivity (Wildman–Crippen MR) is 86.6 cm³/mol. The molecule has 0 spiro atoms. The number of aromatic amines is 1. The van der Waals surface area contributed by atoms with Crippen molar-refractivity contribution in [1.29, 1.82) is 0 Å². The third-order valence-electron chi connectivity index (χ3n) is 4.34. The Morgan fingerprint density at radius 3 is 2.48 bits per heavy atom. The van der Waals surface area contributed by atoms with Crippen molar-refractivity contribution in [1.82, 2.24) is 14.2 Å². The van der Waals surface area contributed by atoms with Gasteiger partial charge in [0.05, 0.1) is 0 Å². The number of H-pyrrole nitrogens is 1. The van der Waals surface area contributed by atoms with E-state index in [1.807, 2.05) is 30.5 Å². The number of rotatable bonds is 3. The second-order valence-electron chi connectivity index (χ2n) is 5.82. The topological polar surface area (TPSA) is 39.3 Å². The van der Waals surface area contributed by atoms with E-state index in [9.17, 15) is 4.79 Å². The lowest BCUT2D eigenvalue weighted by atomic mass is 10.2. The van der Waals surface area contributed by atoms with Crippen molar-refractivity contribution in [3.05, 3.63) is 40.8 Å². The number of pyridine rings is 1. The molecule has 2 heterocycles. The number of hydrogen-bond donors (Lipinski definition) is 1. The van der Waals surface area contributed by atoms with Crippen molar-refractivity contribution in [2.24, 2.45) is 0 Å². The largest absolute Gasteiger partial charge is 0.327 e. The molecule has 0 atom stereocenters. The smallest absolute Gasteiger partial charge is 0.255 e. The van der Waals surface area contributed by atoms with Crippen LogP contribution in [0.2, 0.25) is 0 Å². The van der Waals surface area contributed by atoms with E-state index in [1.54, 1.807) is 11.9 Å². The quantitative estimate of drug-likeness (QED) is 0.883. The molecule has 0 bridgehead atoms. The molecule has 2 fully saturated rings. The molecular weight excluding hydrogens is 282 g/mol. The van der Waals surface area contributed by atoms with Crippen LogP contribution in [0, 0.1) is 0 Å². The van der Waals surface area contributed by atoms with Crippen molar-refractivity contribution in [2.75, 3.05) is 26.2 Å². The van der Waals surface area contributed by atoms with Gasteiger partial charge in [0.2, 0.25) is 0 Å². The maximum Gasteiger partial charge on any atom is 0.255 e. The molecule has 1 aliphatic heterocycles. The van der Waals surface area contributed by atoms with E-state index in [1.165, 1.54) is 25.9 Å². The number of fused-ring (bicyclic) bond motifs is 1. The Hall–Kier alpha value is -1.30. The minimum atomic E-state index is -0.00602. The van der Waals surface area contributed by atoms with Crippen LogP contribution >= 0.6 is 11.9 Å². The summed E-state index contributed by atoms with van der Waals surface area (Å²) >= 11 is 1.77. The zero-order valence-corrected chi connectivity index (χ0v) is 12.7. The first-order valence-electron chi connectivity index (χ1n) is 7.59. The van der Waals surface area contributed by atoms with Gasteiger partial charge < -0.3 is 4.98 Å². The fourth-order valence-corrected chi connectivity index (χ4v) is 4.01. The molecule has 1 aromatic heterocycles. The number of piperazine rings is 1. The Balaban J connectivity index is 1.52. The first kappa shape index (κ1) is 13.4. The van der Waals surface area contributed by atoms with Gasteiger partial charge in [-0.15, -0.1) is 0 Å². The molecular formula is C16H19N3OS. The van der Waals surface area contributed by atoms with Gasteiger partial charge in [0, 0.05) is 54.1 Å². The molecule has 5 heteroatoms. The van der Waals surface area contributed by atoms with Crippen molar-refractivity contribution in [3.63, 3.8) is 0 Å². The maximum absolute atomic E-state index is 11.9. The summed E-state index contributed by atoms with van der Waals surface area (Å²) in [7, 11) is 0. The van der Waals surface area contributed by atoms with Crippen LogP contribution < -0.4 is 5.56 Å². The lowest BCUT2D eigenvalue weighted by molar-refractivity contribution is 0.188. The van der Waals surface area contributed by atoms with Crippen molar-refractivity contribution >= 4 is 22.7 Å². The van der Waals surface area contributed by atoms with E-state index in [2.05, 4.69) is 14.2 Å². The monoisotopic (exact) mass is 301 g/mol. The van der Waals surface area contributed by atoms with Crippen LogP contribution in [0.3, 0.4) is 0 Å². The SMILES string of the molecule is O=c1[nH]cc(SN2CCN(C3CC3)CC2)c2ccccc12. The molecule has 2 aliphatic rings. The maximum atomic E-state index is 11.9. The molecule has 4 nitrogen and oxygen atoms in total. The van der Waals surface area contributed by atoms with Gasteiger partial charge in [0.25, 0.3) is 5.56 Å². The third kappa shape index (κ3) is 2.73. The molecule has 1 aliphatic carbocycles. The van der Waals surface area contributed by atoms with Crippen LogP contribution in [-0.2, 0) is 0 Å². The van der Waals surface area contributed by atoms with Crippen LogP contribution in [0.5, 0.6) is 0 Å². The molecule has 110 valence electrons. The molecule has 0 unspecified atom stereocenters. The summed E-state index contributed by atoms with van der Waals surface area (Å²) in [5.74, 6) is 0. The number of nitrogens with one attached hydrogen (secondary N) is 1. The molecule has 4 rings (SSSR count). The Morgan fingerprint density at radius 2 is 1.76 bits per heavy atom. The van der Waals surface area contributed by atoms with Gasteiger partial charge in [-0.05, 0) is 30.9 Å². The molecule has 2 aromatic rings. The molecule has 1 saturated heterocycles. The van der Waals surface area contributed by atoms with Crippen LogP contribution in [0.4, 0.5) is 0 Å². The van der Waals surface area contributed by atoms with Gasteiger partial charge in [-0.1, -0.05) is 18.2 Å². The van der Waals surface area contributed by atoms with Crippen LogP contribution in [-0.4, -0.2) is 46.4 Å². The van der Waals surface area contributed by atoms with Gasteiger partial charge >= 0.3 is 0 Å². The summed E-state index contributed by atoms with van der Waals surface area (Å²) in [6.45, 7) is 4.52. The summed E-state index contributed by atoms with van der Waals surface area (Å²) in [4.78, 5) is 18.5. The standard InChI is InChI=1S/C16H19N3OS/c20-16-14-4-2-1-3-13(14)15(11-17-16)21-19-9-7-18(8-10-19)12-5-6-12/h1-4,11-12H,5-10H2,(H,17,20). The highest BCUT2D eigenvalue weighted by molar-refractivity contribution is 7.97. The molecule has 0 radical (unpaired) electrons. The summed E-state index contributed by atoms with van der Waals surface area (Å²) in [5, 5.41) is 1.83. The average molecular weight is 301 g/mol. The highest BCUT2D eigenvalue weighted by atomic mass is 32.2. The van der Waals surface area contributed by atoms with E-state index < -0.39 is 0 Å². The average Bonchev–Trinajstić information content (AvgIpc) is 3.36. The Labute approximate surface area is 128 Å². The minimum absolute atomic E-state index is 0.00602. The second-order valence-corrected chi connectivity index (χ2v) is 6.95. The van der Waals surface area contributed by atoms with Gasteiger partial charge in [0.1, 0.15) is 0 Å². The van der Waals surface area contributed by atoms with Gasteiger partial charge in [-0.3, -0.25) is 9.69 Å². The van der Waals surface area contributed by atoms with E-state index in [-0.39, 0.29) is 5.56 Å². The summed E-state index contributed by atoms with van der Waals surface area (Å²) < 4.78 is 2.42. The minimum Gasteiger partial charge on any atom is -0.327 e. The van der Waals surface area contributed by atoms with Gasteiger partial charge in [-0.2, -0.15) is 0 Å². The van der Waals surface area contributed by atoms with Crippen molar-refractivity contribution in [2.45, 2.75) is 23.8 Å².